The van der Waals surface area contributed by atoms with Crippen molar-refractivity contribution in [2.45, 2.75) is 25.8 Å². The van der Waals surface area contributed by atoms with Gasteiger partial charge in [-0.25, -0.2) is 0 Å². The summed E-state index contributed by atoms with van der Waals surface area (Å²) in [7, 11) is 0. The molecule has 0 aromatic heterocycles. The number of hydrogen-bond acceptors (Lipinski definition) is 3. The van der Waals surface area contributed by atoms with Crippen molar-refractivity contribution in [2.24, 2.45) is 10.9 Å². The van der Waals surface area contributed by atoms with Crippen molar-refractivity contribution in [1.82, 2.24) is 4.90 Å². The second-order valence-corrected chi connectivity index (χ2v) is 4.36. The fraction of sp³-hybridized carbons (Fsp3) is 0.462. The predicted octanol–water partition coefficient (Wildman–Crippen LogP) is 1.97. The number of hydrogen-bond donors (Lipinski definition) is 1. The quantitative estimate of drug-likeness (QED) is 0.478. The van der Waals surface area contributed by atoms with E-state index < -0.39 is 0 Å². The van der Waals surface area contributed by atoms with Crippen molar-refractivity contribution in [3.8, 4) is 0 Å². The van der Waals surface area contributed by atoms with Gasteiger partial charge in [-0.15, -0.1) is 0 Å². The molecule has 1 heterocycles. The van der Waals surface area contributed by atoms with Crippen LogP contribution in [0.2, 0.25) is 0 Å². The van der Waals surface area contributed by atoms with Gasteiger partial charge in [-0.05, 0) is 37.1 Å². The van der Waals surface area contributed by atoms with Gasteiger partial charge >= 0.3 is 0 Å². The summed E-state index contributed by atoms with van der Waals surface area (Å²) in [5.74, 6) is 5.11. The Hall–Kier alpha value is -1.35. The zero-order valence-electron chi connectivity index (χ0n) is 9.60. The van der Waals surface area contributed by atoms with Crippen LogP contribution in [0.3, 0.4) is 0 Å². The first kappa shape index (κ1) is 11.1. The molecule has 1 fully saturated rings. The van der Waals surface area contributed by atoms with Gasteiger partial charge in [0, 0.05) is 6.54 Å². The molecule has 0 bridgehead atoms. The Bertz CT molecular complexity index is 337. The van der Waals surface area contributed by atoms with Crippen LogP contribution in [0.15, 0.2) is 29.4 Å². The van der Waals surface area contributed by atoms with E-state index in [2.05, 4.69) is 34.3 Å². The van der Waals surface area contributed by atoms with E-state index >= 15 is 0 Å². The van der Waals surface area contributed by atoms with Crippen LogP contribution in [0.4, 0.5) is 0 Å². The molecule has 3 nitrogen and oxygen atoms in total. The number of hydrazone groups is 1. The van der Waals surface area contributed by atoms with Crippen molar-refractivity contribution >= 4 is 6.21 Å². The molecule has 0 spiro atoms. The van der Waals surface area contributed by atoms with Gasteiger partial charge in [0.1, 0.15) is 0 Å². The van der Waals surface area contributed by atoms with E-state index in [0.29, 0.717) is 0 Å². The monoisotopic (exact) mass is 217 g/mol. The Kier molecular flexibility index (Phi) is 3.94. The fourth-order valence-electron chi connectivity index (χ4n) is 2.17. The lowest BCUT2D eigenvalue weighted by atomic mass is 10.1. The fourth-order valence-corrected chi connectivity index (χ4v) is 2.17. The maximum atomic E-state index is 5.11. The van der Waals surface area contributed by atoms with Gasteiger partial charge in [-0.2, -0.15) is 5.10 Å². The molecule has 0 aliphatic carbocycles. The SMILES string of the molecule is NN=Cc1ccc(CN2CCCCC2)cc1. The van der Waals surface area contributed by atoms with Gasteiger partial charge in [-0.3, -0.25) is 4.90 Å². The van der Waals surface area contributed by atoms with Crippen molar-refractivity contribution in [3.63, 3.8) is 0 Å². The van der Waals surface area contributed by atoms with Crippen LogP contribution >= 0.6 is 0 Å². The van der Waals surface area contributed by atoms with Gasteiger partial charge in [0.2, 0.25) is 0 Å². The van der Waals surface area contributed by atoms with Crippen molar-refractivity contribution in [3.05, 3.63) is 35.4 Å². The minimum Gasteiger partial charge on any atom is -0.323 e. The average molecular weight is 217 g/mol. The van der Waals surface area contributed by atoms with E-state index in [-0.39, 0.29) is 0 Å². The van der Waals surface area contributed by atoms with Crippen molar-refractivity contribution in [2.75, 3.05) is 13.1 Å². The Labute approximate surface area is 96.9 Å². The highest BCUT2D eigenvalue weighted by Gasteiger charge is 2.09. The second kappa shape index (κ2) is 5.66. The minimum atomic E-state index is 1.06. The molecular formula is C13H19N3. The first-order valence-electron chi connectivity index (χ1n) is 5.93. The highest BCUT2D eigenvalue weighted by molar-refractivity contribution is 5.79. The molecule has 3 heteroatoms. The summed E-state index contributed by atoms with van der Waals surface area (Å²) >= 11 is 0. The van der Waals surface area contributed by atoms with Crippen molar-refractivity contribution in [1.29, 1.82) is 0 Å². The number of likely N-dealkylation sites (tertiary alicyclic amines) is 1. The molecular weight excluding hydrogens is 198 g/mol. The summed E-state index contributed by atoms with van der Waals surface area (Å²) in [4.78, 5) is 2.52. The lowest BCUT2D eigenvalue weighted by molar-refractivity contribution is 0.221. The molecule has 1 saturated heterocycles. The molecule has 2 N–H and O–H groups in total. The highest BCUT2D eigenvalue weighted by Crippen LogP contribution is 2.13. The standard InChI is InChI=1S/C13H19N3/c14-15-10-12-4-6-13(7-5-12)11-16-8-2-1-3-9-16/h4-7,10H,1-3,8-9,11,14H2. The average Bonchev–Trinajstić information content (AvgIpc) is 2.33. The lowest BCUT2D eigenvalue weighted by Crippen LogP contribution is -2.29. The number of nitrogens with zero attached hydrogens (tertiary/aromatic N) is 2. The number of piperidine rings is 1. The number of rotatable bonds is 3. The summed E-state index contributed by atoms with van der Waals surface area (Å²) in [6.45, 7) is 3.55. The van der Waals surface area contributed by atoms with E-state index in [1.54, 1.807) is 6.21 Å². The van der Waals surface area contributed by atoms with Crippen molar-refractivity contribution < 1.29 is 0 Å². The normalized spacial score (nSPS) is 18.0. The van der Waals surface area contributed by atoms with E-state index in [1.807, 2.05) is 0 Å². The molecule has 1 aromatic carbocycles. The molecule has 0 saturated carbocycles. The molecule has 1 aliphatic rings. The third-order valence-electron chi connectivity index (χ3n) is 3.06. The lowest BCUT2D eigenvalue weighted by Gasteiger charge is -2.26. The van der Waals surface area contributed by atoms with E-state index in [1.165, 1.54) is 37.9 Å². The second-order valence-electron chi connectivity index (χ2n) is 4.36. The molecule has 0 atom stereocenters. The highest BCUT2D eigenvalue weighted by atomic mass is 15.1. The largest absolute Gasteiger partial charge is 0.323 e. The third-order valence-corrected chi connectivity index (χ3v) is 3.06. The molecule has 1 aromatic rings. The Balaban J connectivity index is 1.93. The molecule has 86 valence electrons. The summed E-state index contributed by atoms with van der Waals surface area (Å²) in [5, 5.41) is 3.52. The zero-order chi connectivity index (χ0) is 11.2. The van der Waals surface area contributed by atoms with Crippen LogP contribution in [0.5, 0.6) is 0 Å². The maximum Gasteiger partial charge on any atom is 0.0538 e. The van der Waals surface area contributed by atoms with Gasteiger partial charge in [0.25, 0.3) is 0 Å². The molecule has 2 rings (SSSR count). The van der Waals surface area contributed by atoms with Crippen LogP contribution < -0.4 is 5.84 Å². The van der Waals surface area contributed by atoms with E-state index in [9.17, 15) is 0 Å². The third kappa shape index (κ3) is 3.07. The van der Waals surface area contributed by atoms with E-state index in [4.69, 9.17) is 5.84 Å². The van der Waals surface area contributed by atoms with Crippen LogP contribution in [-0.4, -0.2) is 24.2 Å². The summed E-state index contributed by atoms with van der Waals surface area (Å²) in [5.41, 5.74) is 2.43. The summed E-state index contributed by atoms with van der Waals surface area (Å²) < 4.78 is 0. The number of benzene rings is 1. The van der Waals surface area contributed by atoms with Crippen LogP contribution in [0.1, 0.15) is 30.4 Å². The van der Waals surface area contributed by atoms with Crippen LogP contribution in [-0.2, 0) is 6.54 Å². The van der Waals surface area contributed by atoms with Gasteiger partial charge in [-0.1, -0.05) is 30.7 Å². The first-order chi connectivity index (χ1) is 7.88. The predicted molar refractivity (Wildman–Crippen MR) is 67.4 cm³/mol. The molecule has 1 aliphatic heterocycles. The topological polar surface area (TPSA) is 41.6 Å². The summed E-state index contributed by atoms with van der Waals surface area (Å²) in [6.07, 6.45) is 5.75. The number of nitrogens with two attached hydrogens (primary N) is 1. The molecule has 16 heavy (non-hydrogen) atoms. The molecule has 0 radical (unpaired) electrons. The molecule has 0 unspecified atom stereocenters. The minimum absolute atomic E-state index is 1.06. The van der Waals surface area contributed by atoms with Gasteiger partial charge in [0.05, 0.1) is 6.21 Å². The Morgan fingerprint density at radius 3 is 2.44 bits per heavy atom. The maximum absolute atomic E-state index is 5.11. The molecule has 0 amide bonds. The zero-order valence-corrected chi connectivity index (χ0v) is 9.60. The Morgan fingerprint density at radius 1 is 1.12 bits per heavy atom. The Morgan fingerprint density at radius 2 is 1.81 bits per heavy atom. The first-order valence-corrected chi connectivity index (χ1v) is 5.93. The van der Waals surface area contributed by atoms with Gasteiger partial charge in [0.15, 0.2) is 0 Å². The van der Waals surface area contributed by atoms with Crippen LogP contribution in [0, 0.1) is 0 Å². The van der Waals surface area contributed by atoms with E-state index in [0.717, 1.165) is 12.1 Å². The smallest absolute Gasteiger partial charge is 0.0538 e. The summed E-state index contributed by atoms with van der Waals surface area (Å²) in [6, 6.07) is 8.45. The van der Waals surface area contributed by atoms with Gasteiger partial charge < -0.3 is 5.84 Å². The van der Waals surface area contributed by atoms with Crippen LogP contribution in [0.25, 0.3) is 0 Å².